The minimum Gasteiger partial charge on any atom is -0.472 e. The molecular formula is C11H19NO. The van der Waals surface area contributed by atoms with E-state index in [4.69, 9.17) is 10.2 Å². The van der Waals surface area contributed by atoms with E-state index >= 15 is 0 Å². The summed E-state index contributed by atoms with van der Waals surface area (Å²) in [6.07, 6.45) is 6.91. The Morgan fingerprint density at radius 2 is 2.31 bits per heavy atom. The summed E-state index contributed by atoms with van der Waals surface area (Å²) in [7, 11) is 0. The largest absolute Gasteiger partial charge is 0.472 e. The number of rotatable bonds is 5. The molecule has 1 unspecified atom stereocenters. The number of nitrogens with two attached hydrogens (primary N) is 1. The van der Waals surface area contributed by atoms with E-state index in [1.54, 1.807) is 6.26 Å². The lowest BCUT2D eigenvalue weighted by Crippen LogP contribution is -2.29. The van der Waals surface area contributed by atoms with Crippen LogP contribution in [0.2, 0.25) is 0 Å². The van der Waals surface area contributed by atoms with Crippen molar-refractivity contribution in [1.29, 1.82) is 0 Å². The minimum absolute atomic E-state index is 0.235. The van der Waals surface area contributed by atoms with Gasteiger partial charge in [-0.15, -0.1) is 0 Å². The molecule has 0 fully saturated rings. The van der Waals surface area contributed by atoms with Crippen LogP contribution in [0.1, 0.15) is 32.3 Å². The average Bonchev–Trinajstić information content (AvgIpc) is 2.57. The molecule has 1 aromatic heterocycles. The predicted molar refractivity (Wildman–Crippen MR) is 54.5 cm³/mol. The van der Waals surface area contributed by atoms with Crippen LogP contribution in [0.15, 0.2) is 23.0 Å². The van der Waals surface area contributed by atoms with Gasteiger partial charge in [-0.05, 0) is 36.4 Å². The van der Waals surface area contributed by atoms with Crippen LogP contribution in [-0.4, -0.2) is 6.54 Å². The topological polar surface area (TPSA) is 39.2 Å². The molecule has 0 bridgehead atoms. The van der Waals surface area contributed by atoms with Crippen LogP contribution in [-0.2, 0) is 6.42 Å². The molecule has 0 spiro atoms. The monoisotopic (exact) mass is 181 g/mol. The molecule has 0 saturated heterocycles. The molecule has 1 rings (SSSR count). The van der Waals surface area contributed by atoms with E-state index in [0.717, 1.165) is 13.0 Å². The Balaban J connectivity index is 2.58. The fraction of sp³-hybridized carbons (Fsp3) is 0.636. The molecule has 1 heterocycles. The number of furan rings is 1. The van der Waals surface area contributed by atoms with Gasteiger partial charge in [0.2, 0.25) is 0 Å². The summed E-state index contributed by atoms with van der Waals surface area (Å²) in [4.78, 5) is 0. The van der Waals surface area contributed by atoms with E-state index in [-0.39, 0.29) is 5.41 Å². The van der Waals surface area contributed by atoms with Gasteiger partial charge in [-0.3, -0.25) is 0 Å². The van der Waals surface area contributed by atoms with E-state index in [1.165, 1.54) is 18.4 Å². The highest BCUT2D eigenvalue weighted by atomic mass is 16.3. The normalized spacial score (nSPS) is 15.6. The van der Waals surface area contributed by atoms with Crippen LogP contribution in [0.3, 0.4) is 0 Å². The van der Waals surface area contributed by atoms with Crippen molar-refractivity contribution in [1.82, 2.24) is 0 Å². The van der Waals surface area contributed by atoms with Gasteiger partial charge in [0.25, 0.3) is 0 Å². The van der Waals surface area contributed by atoms with Crippen LogP contribution in [0, 0.1) is 5.41 Å². The summed E-state index contributed by atoms with van der Waals surface area (Å²) in [5.41, 5.74) is 7.27. The van der Waals surface area contributed by atoms with Crippen molar-refractivity contribution in [3.8, 4) is 0 Å². The van der Waals surface area contributed by atoms with E-state index < -0.39 is 0 Å². The molecule has 2 nitrogen and oxygen atoms in total. The Kier molecular flexibility index (Phi) is 3.55. The standard InChI is InChI=1S/C11H19NO/c1-3-5-11(2,9-12)7-10-4-6-13-8-10/h4,6,8H,3,5,7,9,12H2,1-2H3. The predicted octanol–water partition coefficient (Wildman–Crippen LogP) is 2.59. The zero-order valence-electron chi connectivity index (χ0n) is 8.55. The summed E-state index contributed by atoms with van der Waals surface area (Å²) >= 11 is 0. The van der Waals surface area contributed by atoms with Crippen LogP contribution in [0.4, 0.5) is 0 Å². The van der Waals surface area contributed by atoms with Crippen molar-refractivity contribution in [2.75, 3.05) is 6.54 Å². The molecule has 0 aliphatic heterocycles. The van der Waals surface area contributed by atoms with Gasteiger partial charge >= 0.3 is 0 Å². The van der Waals surface area contributed by atoms with Gasteiger partial charge in [0.15, 0.2) is 0 Å². The van der Waals surface area contributed by atoms with Crippen molar-refractivity contribution in [3.05, 3.63) is 24.2 Å². The first kappa shape index (κ1) is 10.3. The Morgan fingerprint density at radius 1 is 1.54 bits per heavy atom. The third kappa shape index (κ3) is 2.88. The van der Waals surface area contributed by atoms with E-state index in [0.29, 0.717) is 0 Å². The van der Waals surface area contributed by atoms with Gasteiger partial charge in [-0.1, -0.05) is 20.3 Å². The number of hydrogen-bond donors (Lipinski definition) is 1. The van der Waals surface area contributed by atoms with E-state index in [1.807, 2.05) is 12.3 Å². The van der Waals surface area contributed by atoms with Crippen molar-refractivity contribution in [2.24, 2.45) is 11.1 Å². The average molecular weight is 181 g/mol. The Morgan fingerprint density at radius 3 is 2.77 bits per heavy atom. The van der Waals surface area contributed by atoms with Crippen molar-refractivity contribution < 1.29 is 4.42 Å². The van der Waals surface area contributed by atoms with Crippen molar-refractivity contribution >= 4 is 0 Å². The molecule has 0 radical (unpaired) electrons. The molecule has 1 aromatic rings. The maximum Gasteiger partial charge on any atom is 0.0934 e. The second-order valence-corrected chi connectivity index (χ2v) is 4.07. The molecule has 13 heavy (non-hydrogen) atoms. The third-order valence-corrected chi connectivity index (χ3v) is 2.56. The van der Waals surface area contributed by atoms with Crippen molar-refractivity contribution in [2.45, 2.75) is 33.1 Å². The molecule has 0 amide bonds. The molecule has 0 saturated carbocycles. The SMILES string of the molecule is CCCC(C)(CN)Cc1ccoc1. The minimum atomic E-state index is 0.235. The van der Waals surface area contributed by atoms with Crippen LogP contribution in [0.5, 0.6) is 0 Å². The molecule has 74 valence electrons. The van der Waals surface area contributed by atoms with Gasteiger partial charge in [0, 0.05) is 0 Å². The molecule has 2 N–H and O–H groups in total. The van der Waals surface area contributed by atoms with Crippen molar-refractivity contribution in [3.63, 3.8) is 0 Å². The second kappa shape index (κ2) is 4.47. The summed E-state index contributed by atoms with van der Waals surface area (Å²) in [6, 6.07) is 2.02. The maximum atomic E-state index is 5.78. The molecule has 0 aromatic carbocycles. The van der Waals surface area contributed by atoms with Gasteiger partial charge in [0.1, 0.15) is 0 Å². The Bertz CT molecular complexity index is 230. The first-order valence-electron chi connectivity index (χ1n) is 4.91. The quantitative estimate of drug-likeness (QED) is 0.758. The highest BCUT2D eigenvalue weighted by Gasteiger charge is 2.22. The highest BCUT2D eigenvalue weighted by molar-refractivity contribution is 5.08. The van der Waals surface area contributed by atoms with Gasteiger partial charge < -0.3 is 10.2 Å². The van der Waals surface area contributed by atoms with E-state index in [9.17, 15) is 0 Å². The molecule has 0 aliphatic carbocycles. The molecule has 1 atom stereocenters. The fourth-order valence-corrected chi connectivity index (χ4v) is 1.75. The van der Waals surface area contributed by atoms with Gasteiger partial charge in [0.05, 0.1) is 12.5 Å². The zero-order chi connectivity index (χ0) is 9.73. The Hall–Kier alpha value is -0.760. The van der Waals surface area contributed by atoms with E-state index in [2.05, 4.69) is 13.8 Å². The first-order valence-corrected chi connectivity index (χ1v) is 4.91. The Labute approximate surface area is 80.1 Å². The van der Waals surface area contributed by atoms with Crippen LogP contribution in [0.25, 0.3) is 0 Å². The van der Waals surface area contributed by atoms with Gasteiger partial charge in [-0.25, -0.2) is 0 Å². The smallest absolute Gasteiger partial charge is 0.0934 e. The summed E-state index contributed by atoms with van der Waals surface area (Å²) in [6.45, 7) is 5.18. The van der Waals surface area contributed by atoms with Crippen LogP contribution >= 0.6 is 0 Å². The molecular weight excluding hydrogens is 162 g/mol. The zero-order valence-corrected chi connectivity index (χ0v) is 8.55. The third-order valence-electron chi connectivity index (χ3n) is 2.56. The molecule has 0 aliphatic rings. The maximum absolute atomic E-state index is 5.78. The van der Waals surface area contributed by atoms with Crippen LogP contribution < -0.4 is 5.73 Å². The lowest BCUT2D eigenvalue weighted by molar-refractivity contribution is 0.302. The first-order chi connectivity index (χ1) is 6.20. The second-order valence-electron chi connectivity index (χ2n) is 4.07. The summed E-state index contributed by atoms with van der Waals surface area (Å²) in [5, 5.41) is 0. The van der Waals surface area contributed by atoms with Gasteiger partial charge in [-0.2, -0.15) is 0 Å². The lowest BCUT2D eigenvalue weighted by atomic mass is 9.80. The fourth-order valence-electron chi connectivity index (χ4n) is 1.75. The lowest BCUT2D eigenvalue weighted by Gasteiger charge is -2.26. The number of hydrogen-bond acceptors (Lipinski definition) is 2. The highest BCUT2D eigenvalue weighted by Crippen LogP contribution is 2.26. The summed E-state index contributed by atoms with van der Waals surface area (Å²) < 4.78 is 5.04. The molecule has 2 heteroatoms. The summed E-state index contributed by atoms with van der Waals surface area (Å²) in [5.74, 6) is 0.